The molecular weight excluding hydrogens is 298 g/mol. The highest BCUT2D eigenvalue weighted by atomic mass is 16.2. The van der Waals surface area contributed by atoms with E-state index in [-0.39, 0.29) is 5.91 Å². The second kappa shape index (κ2) is 9.19. The van der Waals surface area contributed by atoms with Gasteiger partial charge in [-0.25, -0.2) is 0 Å². The van der Waals surface area contributed by atoms with Crippen LogP contribution in [-0.2, 0) is 11.2 Å². The molecule has 0 N–H and O–H groups in total. The van der Waals surface area contributed by atoms with Crippen LogP contribution in [0, 0.1) is 6.92 Å². The van der Waals surface area contributed by atoms with Gasteiger partial charge >= 0.3 is 0 Å². The fraction of sp³-hybridized carbons (Fsp3) is 0.650. The summed E-state index contributed by atoms with van der Waals surface area (Å²) in [6.45, 7) is 6.08. The molecule has 1 fully saturated rings. The van der Waals surface area contributed by atoms with Crippen LogP contribution >= 0.6 is 0 Å². The molecule has 0 aromatic heterocycles. The Kier molecular flexibility index (Phi) is 7.25. The van der Waals surface area contributed by atoms with Crippen molar-refractivity contribution in [2.24, 2.45) is 0 Å². The number of likely N-dealkylation sites (tertiary alicyclic amines) is 1. The number of hydrogen-bond donors (Lipinski definition) is 0. The number of carbonyl (C=O) groups is 1. The Balaban J connectivity index is 1.84. The lowest BCUT2D eigenvalue weighted by Crippen LogP contribution is -2.49. The maximum absolute atomic E-state index is 12.7. The number of hydrogen-bond acceptors (Lipinski definition) is 3. The van der Waals surface area contributed by atoms with E-state index < -0.39 is 0 Å². The third-order valence-electron chi connectivity index (χ3n) is 4.93. The molecule has 1 atom stereocenters. The van der Waals surface area contributed by atoms with E-state index in [0.717, 1.165) is 38.2 Å². The van der Waals surface area contributed by atoms with Crippen LogP contribution in [0.1, 0.15) is 30.4 Å². The molecule has 0 aliphatic carbocycles. The zero-order valence-electron chi connectivity index (χ0n) is 15.8. The van der Waals surface area contributed by atoms with Gasteiger partial charge in [0.1, 0.15) is 0 Å². The summed E-state index contributed by atoms with van der Waals surface area (Å²) in [4.78, 5) is 19.4. The van der Waals surface area contributed by atoms with Gasteiger partial charge < -0.3 is 14.7 Å². The van der Waals surface area contributed by atoms with Crippen LogP contribution in [0.2, 0.25) is 0 Å². The fourth-order valence-electron chi connectivity index (χ4n) is 3.47. The van der Waals surface area contributed by atoms with Gasteiger partial charge in [0.2, 0.25) is 5.91 Å². The summed E-state index contributed by atoms with van der Waals surface area (Å²) in [6.07, 6.45) is 4.02. The third-order valence-corrected chi connectivity index (χ3v) is 4.93. The molecule has 0 saturated carbocycles. The predicted octanol–water partition coefficient (Wildman–Crippen LogP) is 2.41. The molecule has 4 nitrogen and oxygen atoms in total. The second-order valence-corrected chi connectivity index (χ2v) is 7.44. The summed E-state index contributed by atoms with van der Waals surface area (Å²) in [6, 6.07) is 8.79. The lowest BCUT2D eigenvalue weighted by molar-refractivity contribution is -0.132. The van der Waals surface area contributed by atoms with E-state index in [2.05, 4.69) is 61.0 Å². The molecule has 1 heterocycles. The van der Waals surface area contributed by atoms with Gasteiger partial charge in [-0.2, -0.15) is 0 Å². The zero-order chi connectivity index (χ0) is 17.5. The monoisotopic (exact) mass is 331 g/mol. The number of rotatable bonds is 7. The van der Waals surface area contributed by atoms with Crippen molar-refractivity contribution in [2.45, 2.75) is 38.6 Å². The van der Waals surface area contributed by atoms with Gasteiger partial charge in [0, 0.05) is 19.1 Å². The van der Waals surface area contributed by atoms with Gasteiger partial charge in [-0.1, -0.05) is 29.8 Å². The Bertz CT molecular complexity index is 529. The van der Waals surface area contributed by atoms with E-state index in [1.54, 1.807) is 0 Å². The first-order valence-electron chi connectivity index (χ1n) is 9.14. The van der Waals surface area contributed by atoms with Crippen molar-refractivity contribution in [3.05, 3.63) is 35.4 Å². The van der Waals surface area contributed by atoms with Crippen molar-refractivity contribution in [3.8, 4) is 0 Å². The molecular formula is C20H33N3O. The minimum atomic E-state index is 0.270. The Labute approximate surface area is 147 Å². The van der Waals surface area contributed by atoms with Crippen molar-refractivity contribution < 1.29 is 4.79 Å². The van der Waals surface area contributed by atoms with Crippen LogP contribution in [0.3, 0.4) is 0 Å². The zero-order valence-corrected chi connectivity index (χ0v) is 15.8. The van der Waals surface area contributed by atoms with Gasteiger partial charge in [-0.05, 0) is 66.0 Å². The summed E-state index contributed by atoms with van der Waals surface area (Å²) >= 11 is 0. The van der Waals surface area contributed by atoms with Crippen LogP contribution < -0.4 is 0 Å². The summed E-state index contributed by atoms with van der Waals surface area (Å²) in [5, 5.41) is 0. The minimum Gasteiger partial charge on any atom is -0.341 e. The molecule has 24 heavy (non-hydrogen) atoms. The highest BCUT2D eigenvalue weighted by molar-refractivity contribution is 5.79. The smallest absolute Gasteiger partial charge is 0.227 e. The highest BCUT2D eigenvalue weighted by Gasteiger charge is 2.26. The summed E-state index contributed by atoms with van der Waals surface area (Å²) < 4.78 is 0. The van der Waals surface area contributed by atoms with E-state index in [1.807, 2.05) is 6.07 Å². The first kappa shape index (κ1) is 18.9. The van der Waals surface area contributed by atoms with Gasteiger partial charge in [0.05, 0.1) is 6.42 Å². The number of amides is 1. The van der Waals surface area contributed by atoms with E-state index >= 15 is 0 Å². The fourth-order valence-corrected chi connectivity index (χ4v) is 3.47. The van der Waals surface area contributed by atoms with Gasteiger partial charge in [-0.15, -0.1) is 0 Å². The molecule has 0 spiro atoms. The Morgan fingerprint density at radius 3 is 2.75 bits per heavy atom. The molecule has 1 aromatic carbocycles. The largest absolute Gasteiger partial charge is 0.341 e. The highest BCUT2D eigenvalue weighted by Crippen LogP contribution is 2.17. The second-order valence-electron chi connectivity index (χ2n) is 7.44. The lowest BCUT2D eigenvalue weighted by Gasteiger charge is -2.38. The van der Waals surface area contributed by atoms with Crippen LogP contribution in [0.4, 0.5) is 0 Å². The SMILES string of the molecule is Cc1cccc(CC(=O)N2CCC[C@H](N(C)CCCN(C)C)C2)c1. The average molecular weight is 332 g/mol. The van der Waals surface area contributed by atoms with Crippen molar-refractivity contribution in [1.29, 1.82) is 0 Å². The van der Waals surface area contributed by atoms with E-state index in [0.29, 0.717) is 12.5 Å². The number of nitrogens with zero attached hydrogens (tertiary/aromatic N) is 3. The van der Waals surface area contributed by atoms with Crippen LogP contribution in [0.5, 0.6) is 0 Å². The minimum absolute atomic E-state index is 0.270. The average Bonchev–Trinajstić information content (AvgIpc) is 2.54. The summed E-state index contributed by atoms with van der Waals surface area (Å²) in [5.74, 6) is 0.270. The Hall–Kier alpha value is -1.39. The van der Waals surface area contributed by atoms with E-state index in [1.165, 1.54) is 18.4 Å². The van der Waals surface area contributed by atoms with Crippen molar-refractivity contribution in [3.63, 3.8) is 0 Å². The van der Waals surface area contributed by atoms with Crippen molar-refractivity contribution >= 4 is 5.91 Å². The first-order valence-corrected chi connectivity index (χ1v) is 9.14. The lowest BCUT2D eigenvalue weighted by atomic mass is 10.0. The Morgan fingerprint density at radius 2 is 2.04 bits per heavy atom. The number of carbonyl (C=O) groups excluding carboxylic acids is 1. The molecule has 1 aliphatic heterocycles. The molecule has 1 saturated heterocycles. The number of likely N-dealkylation sites (N-methyl/N-ethyl adjacent to an activating group) is 1. The van der Waals surface area contributed by atoms with Crippen LogP contribution in [0.15, 0.2) is 24.3 Å². The van der Waals surface area contributed by atoms with Gasteiger partial charge in [0.25, 0.3) is 0 Å². The molecule has 1 amide bonds. The Morgan fingerprint density at radius 1 is 1.25 bits per heavy atom. The van der Waals surface area contributed by atoms with Crippen LogP contribution in [-0.4, -0.2) is 74.0 Å². The van der Waals surface area contributed by atoms with Gasteiger partial charge in [-0.3, -0.25) is 4.79 Å². The molecule has 0 radical (unpaired) electrons. The maximum Gasteiger partial charge on any atom is 0.227 e. The number of piperidine rings is 1. The van der Waals surface area contributed by atoms with E-state index in [9.17, 15) is 4.79 Å². The summed E-state index contributed by atoms with van der Waals surface area (Å²) in [5.41, 5.74) is 2.35. The van der Waals surface area contributed by atoms with E-state index in [4.69, 9.17) is 0 Å². The first-order chi connectivity index (χ1) is 11.5. The molecule has 4 heteroatoms. The quantitative estimate of drug-likeness (QED) is 0.768. The number of aryl methyl sites for hydroxylation is 1. The maximum atomic E-state index is 12.7. The molecule has 2 rings (SSSR count). The molecule has 0 unspecified atom stereocenters. The number of benzene rings is 1. The third kappa shape index (κ3) is 5.91. The van der Waals surface area contributed by atoms with Crippen molar-refractivity contribution in [1.82, 2.24) is 14.7 Å². The predicted molar refractivity (Wildman–Crippen MR) is 100 cm³/mol. The molecule has 134 valence electrons. The molecule has 1 aromatic rings. The molecule has 0 bridgehead atoms. The summed E-state index contributed by atoms with van der Waals surface area (Å²) in [7, 11) is 6.44. The van der Waals surface area contributed by atoms with Gasteiger partial charge in [0.15, 0.2) is 0 Å². The van der Waals surface area contributed by atoms with Crippen LogP contribution in [0.25, 0.3) is 0 Å². The standard InChI is InChI=1S/C20H33N3O/c1-17-8-5-9-18(14-17)15-20(24)23-13-6-10-19(16-23)22(4)12-7-11-21(2)3/h5,8-9,14,19H,6-7,10-13,15-16H2,1-4H3/t19-/m0/s1. The van der Waals surface area contributed by atoms with Crippen molar-refractivity contribution in [2.75, 3.05) is 47.3 Å². The topological polar surface area (TPSA) is 26.8 Å². The molecule has 1 aliphatic rings. The normalized spacial score (nSPS) is 18.4.